The van der Waals surface area contributed by atoms with Crippen molar-refractivity contribution in [3.63, 3.8) is 0 Å². The van der Waals surface area contributed by atoms with Crippen molar-refractivity contribution >= 4 is 23.5 Å². The number of phosphoric acid groups is 3. The molecule has 0 aromatic rings. The zero-order valence-corrected chi connectivity index (χ0v) is 13.8. The predicted molar refractivity (Wildman–Crippen MR) is 67.4 cm³/mol. The molecule has 0 aliphatic heterocycles. The minimum Gasteiger partial charge on any atom is -0.302 e. The Morgan fingerprint density at radius 1 is 0.850 bits per heavy atom. The van der Waals surface area contributed by atoms with Gasteiger partial charge in [-0.25, -0.2) is 24.2 Å². The Balaban J connectivity index is 5.15. The van der Waals surface area contributed by atoms with Gasteiger partial charge in [0.25, 0.3) is 0 Å². The summed E-state index contributed by atoms with van der Waals surface area (Å²) in [6.07, 6.45) is 0. The molecule has 0 aliphatic carbocycles. The van der Waals surface area contributed by atoms with E-state index in [0.29, 0.717) is 0 Å². The Hall–Kier alpha value is 0.370. The molecule has 11 nitrogen and oxygen atoms in total. The summed E-state index contributed by atoms with van der Waals surface area (Å²) in [6, 6.07) is 0. The smallest absolute Gasteiger partial charge is 0.302 e. The molecule has 3 N–H and O–H groups in total. The van der Waals surface area contributed by atoms with Gasteiger partial charge in [-0.1, -0.05) is 0 Å². The van der Waals surface area contributed by atoms with Crippen molar-refractivity contribution in [1.82, 2.24) is 0 Å². The van der Waals surface area contributed by atoms with Crippen molar-refractivity contribution in [2.45, 2.75) is 20.8 Å². The summed E-state index contributed by atoms with van der Waals surface area (Å²) in [7, 11) is -14.0. The predicted octanol–water partition coefficient (Wildman–Crippen LogP) is 2.34. The van der Waals surface area contributed by atoms with Crippen molar-refractivity contribution in [1.29, 1.82) is 0 Å². The third-order valence-electron chi connectivity index (χ3n) is 1.40. The number of hydrogen-bond acceptors (Lipinski definition) is 10. The summed E-state index contributed by atoms with van der Waals surface area (Å²) in [6.45, 7) is 3.59. The van der Waals surface area contributed by atoms with Crippen LogP contribution in [0, 0.1) is 0 Å². The highest BCUT2D eigenvalue weighted by atomic mass is 31.3. The maximum Gasteiger partial charge on any atom is 0.500 e. The summed E-state index contributed by atoms with van der Waals surface area (Å²) < 4.78 is 61.4. The van der Waals surface area contributed by atoms with Gasteiger partial charge in [0.2, 0.25) is 0 Å². The Morgan fingerprint density at radius 2 is 1.30 bits per heavy atom. The fourth-order valence-corrected chi connectivity index (χ4v) is 5.19. The van der Waals surface area contributed by atoms with Crippen molar-refractivity contribution in [3.8, 4) is 0 Å². The van der Waals surface area contributed by atoms with E-state index in [-0.39, 0.29) is 19.8 Å². The van der Waals surface area contributed by atoms with Gasteiger partial charge < -0.3 is 4.89 Å². The summed E-state index contributed by atoms with van der Waals surface area (Å²) in [5.41, 5.74) is 0. The quantitative estimate of drug-likeness (QED) is 0.413. The zero-order valence-electron chi connectivity index (χ0n) is 11.2. The summed E-state index contributed by atoms with van der Waals surface area (Å²) >= 11 is 0. The molecule has 3 unspecified atom stereocenters. The summed E-state index contributed by atoms with van der Waals surface area (Å²) in [5.74, 6) is 4.71. The van der Waals surface area contributed by atoms with Gasteiger partial charge in [0, 0.05) is 0 Å². The first-order valence-electron chi connectivity index (χ1n) is 5.43. The average Bonchev–Trinajstić information content (AvgIpc) is 2.27. The Labute approximate surface area is 116 Å². The molecule has 0 bridgehead atoms. The van der Waals surface area contributed by atoms with Crippen LogP contribution in [0.3, 0.4) is 0 Å². The first-order valence-corrected chi connectivity index (χ1v) is 9.85. The molecule has 14 heteroatoms. The van der Waals surface area contributed by atoms with Gasteiger partial charge in [0.15, 0.2) is 0 Å². The monoisotopic (exact) mass is 357 g/mol. The third-order valence-corrected chi connectivity index (χ3v) is 6.62. The SMILES string of the molecule is CCOP(=O)(O)OP(=O)(OCC)OP(=O)(ON)OCC. The lowest BCUT2D eigenvalue weighted by atomic mass is 10.9. The van der Waals surface area contributed by atoms with Crippen LogP contribution in [0.2, 0.25) is 0 Å². The first kappa shape index (κ1) is 20.4. The van der Waals surface area contributed by atoms with Crippen molar-refractivity contribution < 1.29 is 45.4 Å². The Kier molecular flexibility index (Phi) is 8.89. The van der Waals surface area contributed by atoms with Gasteiger partial charge in [-0.15, -0.1) is 0 Å². The molecule has 0 saturated carbocycles. The van der Waals surface area contributed by atoms with E-state index in [0.717, 1.165) is 0 Å². The van der Waals surface area contributed by atoms with E-state index in [1.54, 1.807) is 0 Å². The second-order valence-corrected chi connectivity index (χ2v) is 7.90. The molecule has 20 heavy (non-hydrogen) atoms. The van der Waals surface area contributed by atoms with E-state index >= 15 is 0 Å². The van der Waals surface area contributed by atoms with Crippen LogP contribution < -0.4 is 5.90 Å². The standard InChI is InChI=1S/C6H18NO10P3/c1-4-12-18(8,9)16-20(11,14-6-3)17-19(10,15-7)13-5-2/h4-7H2,1-3H3,(H,8,9). The molecule has 3 atom stereocenters. The number of phosphoric ester groups is 1. The lowest BCUT2D eigenvalue weighted by Crippen LogP contribution is -2.06. The lowest BCUT2D eigenvalue weighted by molar-refractivity contribution is 0.125. The molecule has 0 amide bonds. The highest BCUT2D eigenvalue weighted by Crippen LogP contribution is 2.71. The molecule has 0 fully saturated rings. The number of rotatable bonds is 11. The highest BCUT2D eigenvalue weighted by Gasteiger charge is 2.45. The van der Waals surface area contributed by atoms with Gasteiger partial charge in [0.05, 0.1) is 19.8 Å². The van der Waals surface area contributed by atoms with Crippen LogP contribution >= 0.6 is 23.5 Å². The van der Waals surface area contributed by atoms with Crippen molar-refractivity contribution in [2.75, 3.05) is 19.8 Å². The first-order chi connectivity index (χ1) is 9.16. The van der Waals surface area contributed by atoms with Crippen LogP contribution in [-0.2, 0) is 40.5 Å². The van der Waals surface area contributed by atoms with Crippen molar-refractivity contribution in [3.05, 3.63) is 0 Å². The molecule has 0 heterocycles. The maximum atomic E-state index is 12.1. The van der Waals surface area contributed by atoms with Gasteiger partial charge in [-0.05, 0) is 20.8 Å². The molecule has 122 valence electrons. The van der Waals surface area contributed by atoms with Crippen LogP contribution in [0.1, 0.15) is 20.8 Å². The maximum absolute atomic E-state index is 12.1. The lowest BCUT2D eigenvalue weighted by Gasteiger charge is -2.22. The Morgan fingerprint density at radius 3 is 1.70 bits per heavy atom. The van der Waals surface area contributed by atoms with E-state index in [2.05, 4.69) is 26.8 Å². The van der Waals surface area contributed by atoms with Gasteiger partial charge in [-0.3, -0.25) is 13.6 Å². The molecule has 0 aliphatic rings. The molecule has 0 saturated heterocycles. The van der Waals surface area contributed by atoms with E-state index in [4.69, 9.17) is 5.90 Å². The van der Waals surface area contributed by atoms with Crippen LogP contribution in [0.15, 0.2) is 0 Å². The summed E-state index contributed by atoms with van der Waals surface area (Å²) in [4.78, 5) is 9.25. The topological polar surface area (TPSA) is 153 Å². The van der Waals surface area contributed by atoms with Gasteiger partial charge in [0.1, 0.15) is 0 Å². The second kappa shape index (κ2) is 8.73. The average molecular weight is 357 g/mol. The number of hydrogen-bond donors (Lipinski definition) is 2. The molecule has 0 aromatic heterocycles. The zero-order chi connectivity index (χ0) is 15.9. The van der Waals surface area contributed by atoms with Crippen LogP contribution in [-0.4, -0.2) is 24.7 Å². The fraction of sp³-hybridized carbons (Fsp3) is 1.00. The molecule has 0 aromatic carbocycles. The van der Waals surface area contributed by atoms with E-state index in [1.807, 2.05) is 0 Å². The Bertz CT molecular complexity index is 427. The minimum atomic E-state index is -4.77. The largest absolute Gasteiger partial charge is 0.500 e. The fourth-order valence-electron chi connectivity index (χ4n) is 0.887. The number of nitrogens with two attached hydrogens (primary N) is 1. The van der Waals surface area contributed by atoms with E-state index in [1.165, 1.54) is 20.8 Å². The van der Waals surface area contributed by atoms with Crippen LogP contribution in [0.5, 0.6) is 0 Å². The molecule has 0 spiro atoms. The molecule has 0 rings (SSSR count). The molecular weight excluding hydrogens is 339 g/mol. The van der Waals surface area contributed by atoms with Crippen LogP contribution in [0.25, 0.3) is 0 Å². The van der Waals surface area contributed by atoms with Gasteiger partial charge in [-0.2, -0.15) is 8.62 Å². The minimum absolute atomic E-state index is 0.164. The van der Waals surface area contributed by atoms with Crippen LogP contribution in [0.4, 0.5) is 0 Å². The van der Waals surface area contributed by atoms with E-state index < -0.39 is 23.5 Å². The van der Waals surface area contributed by atoms with Crippen molar-refractivity contribution in [2.24, 2.45) is 5.90 Å². The second-order valence-electron chi connectivity index (χ2n) is 2.89. The molecular formula is C6H18NO10P3. The van der Waals surface area contributed by atoms with E-state index in [9.17, 15) is 18.6 Å². The normalized spacial score (nSPS) is 20.9. The highest BCUT2D eigenvalue weighted by molar-refractivity contribution is 7.67. The molecule has 0 radical (unpaired) electrons. The van der Waals surface area contributed by atoms with Gasteiger partial charge >= 0.3 is 23.5 Å². The third kappa shape index (κ3) is 7.40. The summed E-state index contributed by atoms with van der Waals surface area (Å²) in [5, 5.41) is 0.